The fourth-order valence-electron chi connectivity index (χ4n) is 3.37. The lowest BCUT2D eigenvalue weighted by molar-refractivity contribution is 0.430. The van der Waals surface area contributed by atoms with E-state index in [1.807, 2.05) is 18.5 Å². The molecule has 2 aromatic heterocycles. The number of nitrogens with one attached hydrogen (secondary N) is 1. The fraction of sp³-hybridized carbons (Fsp3) is 0.471. The first-order valence-corrected chi connectivity index (χ1v) is 7.58. The molecule has 1 aliphatic carbocycles. The fourth-order valence-corrected chi connectivity index (χ4v) is 3.37. The third kappa shape index (κ3) is 2.27. The summed E-state index contributed by atoms with van der Waals surface area (Å²) in [5.41, 5.74) is 3.97. The van der Waals surface area contributed by atoms with Crippen molar-refractivity contribution in [2.45, 2.75) is 45.1 Å². The number of pyridine rings is 1. The normalized spacial score (nSPS) is 19.0. The van der Waals surface area contributed by atoms with Crippen molar-refractivity contribution in [3.8, 4) is 0 Å². The van der Waals surface area contributed by atoms with Gasteiger partial charge in [-0.3, -0.25) is 4.98 Å². The first-order chi connectivity index (χ1) is 9.85. The second kappa shape index (κ2) is 5.80. The van der Waals surface area contributed by atoms with Crippen LogP contribution in [0.15, 0.2) is 35.1 Å². The molecule has 1 N–H and O–H groups in total. The van der Waals surface area contributed by atoms with Crippen LogP contribution in [0.3, 0.4) is 0 Å². The lowest BCUT2D eigenvalue weighted by atomic mass is 9.90. The monoisotopic (exact) mass is 270 g/mol. The topological polar surface area (TPSA) is 38.1 Å². The Bertz CT molecular complexity index is 576. The number of likely N-dealkylation sites (N-methyl/N-ethyl adjacent to an activating group) is 1. The number of fused-ring (bicyclic) bond motifs is 1. The summed E-state index contributed by atoms with van der Waals surface area (Å²) < 4.78 is 5.63. The van der Waals surface area contributed by atoms with Gasteiger partial charge >= 0.3 is 0 Å². The van der Waals surface area contributed by atoms with Crippen molar-refractivity contribution in [3.63, 3.8) is 0 Å². The molecule has 0 aliphatic heterocycles. The summed E-state index contributed by atoms with van der Waals surface area (Å²) in [6.45, 7) is 5.26. The summed E-state index contributed by atoms with van der Waals surface area (Å²) >= 11 is 0. The molecule has 2 unspecified atom stereocenters. The average molecular weight is 270 g/mol. The van der Waals surface area contributed by atoms with E-state index in [9.17, 15) is 0 Å². The molecule has 1 aliphatic rings. The van der Waals surface area contributed by atoms with Crippen molar-refractivity contribution in [1.82, 2.24) is 10.3 Å². The number of aryl methyl sites for hydroxylation is 2. The molecule has 3 heteroatoms. The van der Waals surface area contributed by atoms with Crippen molar-refractivity contribution in [1.29, 1.82) is 0 Å². The Morgan fingerprint density at radius 2 is 2.30 bits per heavy atom. The van der Waals surface area contributed by atoms with E-state index in [0.717, 1.165) is 25.1 Å². The predicted molar refractivity (Wildman–Crippen MR) is 79.8 cm³/mol. The second-order valence-corrected chi connectivity index (χ2v) is 5.38. The van der Waals surface area contributed by atoms with Crippen molar-refractivity contribution in [3.05, 3.63) is 53.2 Å². The summed E-state index contributed by atoms with van der Waals surface area (Å²) in [5.74, 6) is 1.55. The van der Waals surface area contributed by atoms with E-state index in [2.05, 4.69) is 36.3 Å². The second-order valence-electron chi connectivity index (χ2n) is 5.38. The van der Waals surface area contributed by atoms with Crippen LogP contribution in [0.25, 0.3) is 0 Å². The van der Waals surface area contributed by atoms with Crippen LogP contribution >= 0.6 is 0 Å². The van der Waals surface area contributed by atoms with Crippen LogP contribution in [0.2, 0.25) is 0 Å². The summed E-state index contributed by atoms with van der Waals surface area (Å²) in [6.07, 6.45) is 6.96. The van der Waals surface area contributed by atoms with Gasteiger partial charge in [0.25, 0.3) is 0 Å². The molecule has 2 aromatic rings. The van der Waals surface area contributed by atoms with Crippen LogP contribution in [-0.4, -0.2) is 11.5 Å². The number of nitrogens with zero attached hydrogens (tertiary/aromatic N) is 1. The summed E-state index contributed by atoms with van der Waals surface area (Å²) in [6, 6.07) is 6.68. The maximum absolute atomic E-state index is 5.63. The van der Waals surface area contributed by atoms with Crippen molar-refractivity contribution >= 4 is 0 Å². The van der Waals surface area contributed by atoms with Crippen molar-refractivity contribution in [2.75, 3.05) is 6.54 Å². The third-order valence-corrected chi connectivity index (χ3v) is 4.26. The maximum atomic E-state index is 5.63. The molecular weight excluding hydrogens is 248 g/mol. The van der Waals surface area contributed by atoms with Crippen LogP contribution in [-0.2, 0) is 12.8 Å². The third-order valence-electron chi connectivity index (χ3n) is 4.26. The number of furan rings is 1. The standard InChI is InChI=1S/C17H22N2O/c1-3-15-13(9-11-20-15)17(18-4-2)14-8-7-12-6-5-10-19-16(12)14/h5-6,9-11,14,17-18H,3-4,7-8H2,1-2H3. The molecule has 20 heavy (non-hydrogen) atoms. The largest absolute Gasteiger partial charge is 0.469 e. The van der Waals surface area contributed by atoms with Crippen molar-refractivity contribution in [2.24, 2.45) is 0 Å². The SMILES string of the molecule is CCNC(c1ccoc1CC)C1CCc2cccnc21. The van der Waals surface area contributed by atoms with Gasteiger partial charge in [0.15, 0.2) is 0 Å². The van der Waals surface area contributed by atoms with E-state index in [4.69, 9.17) is 4.42 Å². The molecule has 106 valence electrons. The van der Waals surface area contributed by atoms with E-state index < -0.39 is 0 Å². The molecule has 0 saturated carbocycles. The van der Waals surface area contributed by atoms with Gasteiger partial charge in [0.2, 0.25) is 0 Å². The molecule has 0 amide bonds. The molecular formula is C17H22N2O. The lowest BCUT2D eigenvalue weighted by Crippen LogP contribution is -2.27. The Kier molecular flexibility index (Phi) is 3.88. The first-order valence-electron chi connectivity index (χ1n) is 7.58. The van der Waals surface area contributed by atoms with Gasteiger partial charge in [0.1, 0.15) is 5.76 Å². The average Bonchev–Trinajstić information content (AvgIpc) is 3.11. The minimum absolute atomic E-state index is 0.310. The molecule has 3 nitrogen and oxygen atoms in total. The van der Waals surface area contributed by atoms with Gasteiger partial charge in [-0.15, -0.1) is 0 Å². The molecule has 0 aromatic carbocycles. The number of hydrogen-bond donors (Lipinski definition) is 1. The van der Waals surface area contributed by atoms with E-state index in [-0.39, 0.29) is 0 Å². The van der Waals surface area contributed by atoms with E-state index in [1.165, 1.54) is 23.2 Å². The van der Waals surface area contributed by atoms with Gasteiger partial charge in [-0.25, -0.2) is 0 Å². The highest BCUT2D eigenvalue weighted by atomic mass is 16.3. The Labute approximate surface area is 120 Å². The Hall–Kier alpha value is -1.61. The molecule has 3 rings (SSSR count). The Morgan fingerprint density at radius 3 is 3.10 bits per heavy atom. The smallest absolute Gasteiger partial charge is 0.108 e. The molecule has 0 fully saturated rings. The zero-order valence-electron chi connectivity index (χ0n) is 12.2. The predicted octanol–water partition coefficient (Wildman–Crippen LogP) is 3.62. The number of aromatic nitrogens is 1. The van der Waals surface area contributed by atoms with Crippen LogP contribution < -0.4 is 5.32 Å². The maximum Gasteiger partial charge on any atom is 0.108 e. The van der Waals surface area contributed by atoms with Crippen LogP contribution in [0, 0.1) is 0 Å². The Morgan fingerprint density at radius 1 is 1.40 bits per heavy atom. The number of rotatable bonds is 5. The van der Waals surface area contributed by atoms with Gasteiger partial charge < -0.3 is 9.73 Å². The molecule has 0 spiro atoms. The van der Waals surface area contributed by atoms with Gasteiger partial charge in [-0.1, -0.05) is 19.9 Å². The van der Waals surface area contributed by atoms with Crippen LogP contribution in [0.5, 0.6) is 0 Å². The minimum atomic E-state index is 0.310. The Balaban J connectivity index is 1.96. The molecule has 0 saturated heterocycles. The highest BCUT2D eigenvalue weighted by Crippen LogP contribution is 2.41. The van der Waals surface area contributed by atoms with E-state index in [0.29, 0.717) is 12.0 Å². The van der Waals surface area contributed by atoms with Crippen LogP contribution in [0.4, 0.5) is 0 Å². The van der Waals surface area contributed by atoms with Gasteiger partial charge in [-0.2, -0.15) is 0 Å². The molecule has 0 radical (unpaired) electrons. The van der Waals surface area contributed by atoms with Gasteiger partial charge in [-0.05, 0) is 37.1 Å². The minimum Gasteiger partial charge on any atom is -0.469 e. The molecule has 2 heterocycles. The first kappa shape index (κ1) is 13.4. The zero-order chi connectivity index (χ0) is 13.9. The lowest BCUT2D eigenvalue weighted by Gasteiger charge is -2.24. The van der Waals surface area contributed by atoms with Gasteiger partial charge in [0, 0.05) is 35.8 Å². The van der Waals surface area contributed by atoms with E-state index >= 15 is 0 Å². The highest BCUT2D eigenvalue weighted by Gasteiger charge is 2.33. The zero-order valence-corrected chi connectivity index (χ0v) is 12.2. The molecule has 0 bridgehead atoms. The number of hydrogen-bond acceptors (Lipinski definition) is 3. The summed E-state index contributed by atoms with van der Waals surface area (Å²) in [4.78, 5) is 4.64. The van der Waals surface area contributed by atoms with Crippen LogP contribution in [0.1, 0.15) is 54.8 Å². The van der Waals surface area contributed by atoms with Crippen molar-refractivity contribution < 1.29 is 4.42 Å². The van der Waals surface area contributed by atoms with Gasteiger partial charge in [0.05, 0.1) is 6.26 Å². The summed E-state index contributed by atoms with van der Waals surface area (Å²) in [7, 11) is 0. The quantitative estimate of drug-likeness (QED) is 0.901. The summed E-state index contributed by atoms with van der Waals surface area (Å²) in [5, 5.41) is 3.64. The highest BCUT2D eigenvalue weighted by molar-refractivity contribution is 5.34. The van der Waals surface area contributed by atoms with E-state index in [1.54, 1.807) is 0 Å². The molecule has 2 atom stereocenters.